The van der Waals surface area contributed by atoms with Crippen LogP contribution >= 0.6 is 0 Å². The quantitative estimate of drug-likeness (QED) is 0.351. The van der Waals surface area contributed by atoms with Gasteiger partial charge in [-0.2, -0.15) is 0 Å². The van der Waals surface area contributed by atoms with Gasteiger partial charge < -0.3 is 19.8 Å². The van der Waals surface area contributed by atoms with E-state index in [2.05, 4.69) is 0 Å². The predicted molar refractivity (Wildman–Crippen MR) is 28.4 cm³/mol. The van der Waals surface area contributed by atoms with Gasteiger partial charge in [-0.25, -0.2) is 0 Å². The first-order chi connectivity index (χ1) is 4.45. The summed E-state index contributed by atoms with van der Waals surface area (Å²) in [5, 5.41) is 20.3. The first-order valence-electron chi connectivity index (χ1n) is 2.88. The molecule has 0 aliphatic carbocycles. The smallest absolute Gasteiger partial charge is 0.549 e. The molecule has 0 N–H and O–H groups in total. The van der Waals surface area contributed by atoms with Gasteiger partial charge >= 0.3 is 103 Å². The Morgan fingerprint density at radius 1 is 1.17 bits per heavy atom. The number of carboxylic acids is 2. The average Bonchev–Trinajstić information content (AvgIpc) is 1.85. The number of carbonyl (C=O) groups is 2. The number of carbonyl (C=O) groups excluding carboxylic acids is 2. The maximum absolute atomic E-state index is 10.2. The van der Waals surface area contributed by atoms with Gasteiger partial charge in [0.05, 0.1) is 11.9 Å². The summed E-state index contributed by atoms with van der Waals surface area (Å²) in [6.07, 6.45) is -0.0301. The van der Waals surface area contributed by atoms with E-state index in [0.717, 1.165) is 6.92 Å². The number of rotatable bonds is 3. The molecule has 4 nitrogen and oxygen atoms in total. The largest absolute Gasteiger partial charge is 1.00 e. The number of aliphatic carboxylic acids is 2. The summed E-state index contributed by atoms with van der Waals surface area (Å²) in [5.41, 5.74) is -1.85. The minimum absolute atomic E-state index is 0. The molecule has 0 bridgehead atoms. The van der Waals surface area contributed by atoms with Crippen LogP contribution in [0.5, 0.6) is 0 Å². The standard InChI is InChI=1S/C6H10O4.2K/c1-3-6(2,4(7)8)5(9)10;;/h3H2,1-2H3,(H,7,8)(H,9,10);;/q;2*+1/p-2. The molecule has 0 unspecified atom stereocenters. The van der Waals surface area contributed by atoms with Gasteiger partial charge in [-0.1, -0.05) is 6.92 Å². The summed E-state index contributed by atoms with van der Waals surface area (Å²) >= 11 is 0. The Labute approximate surface area is 156 Å². The number of hydrogen-bond donors (Lipinski definition) is 0. The minimum atomic E-state index is -1.85. The van der Waals surface area contributed by atoms with E-state index in [9.17, 15) is 19.8 Å². The van der Waals surface area contributed by atoms with Crippen molar-refractivity contribution in [2.24, 2.45) is 5.41 Å². The molecule has 0 heterocycles. The van der Waals surface area contributed by atoms with Crippen LogP contribution in [0.15, 0.2) is 0 Å². The van der Waals surface area contributed by atoms with Crippen LogP contribution in [-0.2, 0) is 9.59 Å². The molecule has 0 aliphatic rings. The maximum Gasteiger partial charge on any atom is 1.00 e. The second-order valence-electron chi connectivity index (χ2n) is 2.26. The first kappa shape index (κ1) is 19.7. The third kappa shape index (κ3) is 5.18. The summed E-state index contributed by atoms with van der Waals surface area (Å²) in [6.45, 7) is 2.52. The summed E-state index contributed by atoms with van der Waals surface area (Å²) < 4.78 is 0. The Bertz CT molecular complexity index is 155. The Hall–Kier alpha value is 2.21. The van der Waals surface area contributed by atoms with Crippen LogP contribution in [0.2, 0.25) is 0 Å². The number of hydrogen-bond acceptors (Lipinski definition) is 4. The zero-order chi connectivity index (χ0) is 8.36. The van der Waals surface area contributed by atoms with Crippen molar-refractivity contribution in [3.05, 3.63) is 0 Å². The molecule has 0 fully saturated rings. The van der Waals surface area contributed by atoms with Gasteiger partial charge in [-0.3, -0.25) is 0 Å². The van der Waals surface area contributed by atoms with Gasteiger partial charge in [0.25, 0.3) is 0 Å². The van der Waals surface area contributed by atoms with Crippen LogP contribution in [0.4, 0.5) is 0 Å². The molecule has 0 aromatic heterocycles. The maximum atomic E-state index is 10.2. The molecule has 0 radical (unpaired) electrons. The van der Waals surface area contributed by atoms with Crippen molar-refractivity contribution in [2.45, 2.75) is 20.3 Å². The molecule has 58 valence electrons. The van der Waals surface area contributed by atoms with Gasteiger partial charge in [0.2, 0.25) is 0 Å². The van der Waals surface area contributed by atoms with Gasteiger partial charge in [-0.15, -0.1) is 0 Å². The zero-order valence-corrected chi connectivity index (χ0v) is 14.1. The van der Waals surface area contributed by atoms with Crippen molar-refractivity contribution in [3.8, 4) is 0 Å². The van der Waals surface area contributed by atoms with Gasteiger partial charge in [0.1, 0.15) is 0 Å². The van der Waals surface area contributed by atoms with Crippen molar-refractivity contribution < 1.29 is 123 Å². The van der Waals surface area contributed by atoms with E-state index in [1.165, 1.54) is 6.92 Å². The molecular formula is C6H8K2O4. The monoisotopic (exact) mass is 222 g/mol. The normalized spacial score (nSPS) is 9.17. The SMILES string of the molecule is CCC(C)(C(=O)[O-])C(=O)[O-].[K+].[K+]. The van der Waals surface area contributed by atoms with Gasteiger partial charge in [0.15, 0.2) is 0 Å². The molecule has 0 saturated carbocycles. The third-order valence-corrected chi connectivity index (χ3v) is 1.61. The Kier molecular flexibility index (Phi) is 14.0. The van der Waals surface area contributed by atoms with Crippen molar-refractivity contribution in [2.75, 3.05) is 0 Å². The molecule has 0 rings (SSSR count). The second kappa shape index (κ2) is 8.52. The van der Waals surface area contributed by atoms with Crippen LogP contribution < -0.4 is 113 Å². The van der Waals surface area contributed by atoms with Gasteiger partial charge in [-0.05, 0) is 13.3 Å². The molecule has 12 heavy (non-hydrogen) atoms. The molecule has 0 aromatic rings. The summed E-state index contributed by atoms with van der Waals surface area (Å²) in [6, 6.07) is 0. The van der Waals surface area contributed by atoms with Gasteiger partial charge in [0, 0.05) is 5.41 Å². The van der Waals surface area contributed by atoms with Crippen molar-refractivity contribution in [3.63, 3.8) is 0 Å². The van der Waals surface area contributed by atoms with E-state index in [0.29, 0.717) is 0 Å². The van der Waals surface area contributed by atoms with E-state index in [1.807, 2.05) is 0 Å². The number of carboxylic acid groups (broad SMARTS) is 2. The Morgan fingerprint density at radius 2 is 1.42 bits per heavy atom. The predicted octanol–water partition coefficient (Wildman–Crippen LogP) is -8.09. The van der Waals surface area contributed by atoms with Crippen LogP contribution in [-0.4, -0.2) is 11.9 Å². The molecule has 0 aliphatic heterocycles. The Balaban J connectivity index is -0.000000405. The van der Waals surface area contributed by atoms with E-state index in [4.69, 9.17) is 0 Å². The summed E-state index contributed by atoms with van der Waals surface area (Å²) in [4.78, 5) is 20.3. The zero-order valence-electron chi connectivity index (χ0n) is 7.84. The Morgan fingerprint density at radius 3 is 1.42 bits per heavy atom. The van der Waals surface area contributed by atoms with E-state index >= 15 is 0 Å². The van der Waals surface area contributed by atoms with E-state index in [1.54, 1.807) is 0 Å². The minimum Gasteiger partial charge on any atom is -0.549 e. The topological polar surface area (TPSA) is 80.3 Å². The second-order valence-corrected chi connectivity index (χ2v) is 2.26. The molecule has 0 amide bonds. The summed E-state index contributed by atoms with van der Waals surface area (Å²) in [7, 11) is 0. The van der Waals surface area contributed by atoms with Crippen LogP contribution in [0.3, 0.4) is 0 Å². The van der Waals surface area contributed by atoms with Crippen molar-refractivity contribution >= 4 is 11.9 Å². The first-order valence-corrected chi connectivity index (χ1v) is 2.88. The van der Waals surface area contributed by atoms with Crippen molar-refractivity contribution in [1.82, 2.24) is 0 Å². The van der Waals surface area contributed by atoms with Crippen LogP contribution in [0.25, 0.3) is 0 Å². The summed E-state index contributed by atoms with van der Waals surface area (Å²) in [5.74, 6) is -3.20. The molecule has 0 atom stereocenters. The van der Waals surface area contributed by atoms with E-state index in [-0.39, 0.29) is 109 Å². The van der Waals surface area contributed by atoms with Crippen LogP contribution in [0, 0.1) is 5.41 Å². The van der Waals surface area contributed by atoms with Crippen molar-refractivity contribution in [1.29, 1.82) is 0 Å². The molecule has 0 spiro atoms. The third-order valence-electron chi connectivity index (χ3n) is 1.61. The fourth-order valence-electron chi connectivity index (χ4n) is 0.372. The molecular weight excluding hydrogens is 214 g/mol. The molecule has 0 aromatic carbocycles. The van der Waals surface area contributed by atoms with E-state index < -0.39 is 17.4 Å². The molecule has 6 heteroatoms. The fourth-order valence-corrected chi connectivity index (χ4v) is 0.372. The fraction of sp³-hybridized carbons (Fsp3) is 0.667. The van der Waals surface area contributed by atoms with Crippen LogP contribution in [0.1, 0.15) is 20.3 Å². The average molecular weight is 222 g/mol. The molecule has 0 saturated heterocycles.